The van der Waals surface area contributed by atoms with Crippen LogP contribution in [0.15, 0.2) is 231 Å². The van der Waals surface area contributed by atoms with Gasteiger partial charge in [0.1, 0.15) is 0 Å². The van der Waals surface area contributed by atoms with Crippen LogP contribution >= 0.6 is 0 Å². The van der Waals surface area contributed by atoms with Gasteiger partial charge < -0.3 is 24.7 Å². The first-order chi connectivity index (χ1) is 37.0. The smallest absolute Gasteiger partial charge is 0.479 e. The van der Waals surface area contributed by atoms with Crippen molar-refractivity contribution in [2.24, 2.45) is 0 Å². The predicted octanol–water partition coefficient (Wildman–Crippen LogP) is 16.7. The zero-order valence-corrected chi connectivity index (χ0v) is 46.4. The Morgan fingerprint density at radius 3 is 1.31 bits per heavy atom. The van der Waals surface area contributed by atoms with Crippen LogP contribution in [-0.2, 0) is 41.2 Å². The number of rotatable bonds is 12. The van der Waals surface area contributed by atoms with Crippen molar-refractivity contribution in [3.63, 3.8) is 0 Å². The number of aryl methyl sites for hydroxylation is 2. The van der Waals surface area contributed by atoms with Crippen molar-refractivity contribution in [1.29, 1.82) is 0 Å². The summed E-state index contributed by atoms with van der Waals surface area (Å²) in [6, 6.07) is 86.6. The maximum atomic E-state index is 6.19. The molecule has 4 aromatic heterocycles. The minimum absolute atomic E-state index is 0. The first-order valence-corrected chi connectivity index (χ1v) is 24.7. The van der Waals surface area contributed by atoms with Gasteiger partial charge in [0.15, 0.2) is 0 Å². The third-order valence-corrected chi connectivity index (χ3v) is 13.1. The van der Waals surface area contributed by atoms with Crippen LogP contribution in [-0.4, -0.2) is 24.9 Å². The summed E-state index contributed by atoms with van der Waals surface area (Å²) in [6.07, 6.45) is 7.66. The second-order valence-electron chi connectivity index (χ2n) is 18.2. The van der Waals surface area contributed by atoms with Crippen molar-refractivity contribution in [1.82, 2.24) is 24.9 Å². The fourth-order valence-electron chi connectivity index (χ4n) is 9.40. The molecule has 0 aliphatic carbocycles. The van der Waals surface area contributed by atoms with Gasteiger partial charge in [0.05, 0.1) is 0 Å². The molecule has 0 aliphatic rings. The van der Waals surface area contributed by atoms with Crippen LogP contribution in [0.4, 0.5) is 0 Å². The maximum absolute atomic E-state index is 6.19. The van der Waals surface area contributed by atoms with Crippen molar-refractivity contribution in [2.75, 3.05) is 0 Å². The SMILES string of the molecule is Cc1cc[c-]c(-c2ccc(-c3ccccc3-c3cc(-c4ccccc4-c4ccc(-c5[c-]ccc(C)c5)nc4)cc(-c4ccccc4-c4cnc(-c5[c-]ccc(Oc6cccc(-c7[c-]cccc7)n6)[c-]5)nc4)c3)cn2)c1.[Ir+3].[Pt+2]. The van der Waals surface area contributed by atoms with E-state index in [1.807, 2.05) is 79.4 Å². The molecule has 0 radical (unpaired) electrons. The third-order valence-electron chi connectivity index (χ3n) is 13.1. The molecule has 12 aromatic rings. The van der Waals surface area contributed by atoms with Gasteiger partial charge in [0.2, 0.25) is 5.88 Å². The summed E-state index contributed by atoms with van der Waals surface area (Å²) in [7, 11) is 0. The molecular formula is C69H44IrN5OPt. The molecule has 8 heteroatoms. The molecule has 0 amide bonds. The van der Waals surface area contributed by atoms with Gasteiger partial charge in [-0.15, -0.1) is 107 Å². The topological polar surface area (TPSA) is 73.7 Å². The van der Waals surface area contributed by atoms with Crippen LogP contribution in [0.1, 0.15) is 11.1 Å². The van der Waals surface area contributed by atoms with Gasteiger partial charge in [-0.05, 0) is 114 Å². The minimum atomic E-state index is 0. The monoisotopic (exact) mass is 1350 g/mol. The van der Waals surface area contributed by atoms with E-state index in [4.69, 9.17) is 29.7 Å². The van der Waals surface area contributed by atoms with E-state index in [0.29, 0.717) is 23.0 Å². The number of ether oxygens (including phenoxy) is 1. The van der Waals surface area contributed by atoms with Crippen LogP contribution in [0.25, 0.3) is 112 Å². The van der Waals surface area contributed by atoms with Crippen molar-refractivity contribution >= 4 is 0 Å². The third kappa shape index (κ3) is 11.5. The van der Waals surface area contributed by atoms with Crippen LogP contribution in [0, 0.1) is 44.2 Å². The molecule has 0 N–H and O–H groups in total. The van der Waals surface area contributed by atoms with Crippen molar-refractivity contribution in [3.8, 4) is 124 Å². The summed E-state index contributed by atoms with van der Waals surface area (Å²) in [5.41, 5.74) is 20.6. The molecule has 12 rings (SSSR count). The molecule has 0 unspecified atom stereocenters. The first kappa shape index (κ1) is 51.9. The quantitative estimate of drug-likeness (QED) is 0.114. The fourth-order valence-corrected chi connectivity index (χ4v) is 9.40. The van der Waals surface area contributed by atoms with E-state index in [-0.39, 0.29) is 41.2 Å². The van der Waals surface area contributed by atoms with Gasteiger partial charge in [-0.3, -0.25) is 11.1 Å². The van der Waals surface area contributed by atoms with E-state index < -0.39 is 0 Å². The molecule has 0 saturated carbocycles. The summed E-state index contributed by atoms with van der Waals surface area (Å²) < 4.78 is 6.19. The van der Waals surface area contributed by atoms with Crippen LogP contribution in [0.2, 0.25) is 0 Å². The molecule has 0 bridgehead atoms. The molecule has 0 fully saturated rings. The summed E-state index contributed by atoms with van der Waals surface area (Å²) in [5, 5.41) is 0. The summed E-state index contributed by atoms with van der Waals surface area (Å²) in [6.45, 7) is 4.17. The predicted molar refractivity (Wildman–Crippen MR) is 300 cm³/mol. The second kappa shape index (κ2) is 23.5. The van der Waals surface area contributed by atoms with Gasteiger partial charge in [-0.25, -0.2) is 17.7 Å². The molecule has 0 saturated heterocycles. The van der Waals surface area contributed by atoms with E-state index in [1.54, 1.807) is 12.1 Å². The first-order valence-electron chi connectivity index (χ1n) is 24.7. The Kier molecular flexibility index (Phi) is 15.9. The van der Waals surface area contributed by atoms with Crippen LogP contribution < -0.4 is 4.74 Å². The number of hydrogen-bond donors (Lipinski definition) is 0. The fraction of sp³-hybridized carbons (Fsp3) is 0.0290. The average molecular weight is 1350 g/mol. The van der Waals surface area contributed by atoms with E-state index in [2.05, 4.69) is 184 Å². The van der Waals surface area contributed by atoms with Crippen molar-refractivity contribution in [3.05, 3.63) is 273 Å². The van der Waals surface area contributed by atoms with Gasteiger partial charge in [-0.2, -0.15) is 6.07 Å². The Morgan fingerprint density at radius 2 is 0.831 bits per heavy atom. The number of nitrogens with zero attached hydrogens (tertiary/aromatic N) is 5. The average Bonchev–Trinajstić information content (AvgIpc) is 3.49. The largest absolute Gasteiger partial charge is 3.00 e. The van der Waals surface area contributed by atoms with Gasteiger partial charge in [-0.1, -0.05) is 123 Å². The Morgan fingerprint density at radius 1 is 0.364 bits per heavy atom. The zero-order valence-electron chi connectivity index (χ0n) is 41.7. The van der Waals surface area contributed by atoms with Crippen LogP contribution in [0.5, 0.6) is 11.6 Å². The van der Waals surface area contributed by atoms with Gasteiger partial charge in [0.25, 0.3) is 0 Å². The Balaban J connectivity index is 0.00000336. The van der Waals surface area contributed by atoms with E-state index in [0.717, 1.165) is 101 Å². The summed E-state index contributed by atoms with van der Waals surface area (Å²) >= 11 is 0. The van der Waals surface area contributed by atoms with Crippen molar-refractivity contribution in [2.45, 2.75) is 13.8 Å². The Labute approximate surface area is 477 Å². The van der Waals surface area contributed by atoms with Crippen molar-refractivity contribution < 1.29 is 45.9 Å². The number of hydrogen-bond acceptors (Lipinski definition) is 6. The minimum Gasteiger partial charge on any atom is -0.479 e. The molecule has 0 aliphatic heterocycles. The Bertz CT molecular complexity index is 3850. The number of pyridine rings is 3. The summed E-state index contributed by atoms with van der Waals surface area (Å²) in [5.74, 6) is 1.39. The maximum Gasteiger partial charge on any atom is 3.00 e. The summed E-state index contributed by atoms with van der Waals surface area (Å²) in [4.78, 5) is 24.4. The molecule has 6 nitrogen and oxygen atoms in total. The Hall–Kier alpha value is -8.57. The molecule has 370 valence electrons. The van der Waals surface area contributed by atoms with Gasteiger partial charge >= 0.3 is 41.2 Å². The van der Waals surface area contributed by atoms with E-state index >= 15 is 0 Å². The molecule has 4 heterocycles. The van der Waals surface area contributed by atoms with Gasteiger partial charge in [0, 0.05) is 30.4 Å². The second-order valence-corrected chi connectivity index (χ2v) is 18.2. The van der Waals surface area contributed by atoms with E-state index in [1.165, 1.54) is 11.1 Å². The molecule has 8 aromatic carbocycles. The zero-order chi connectivity index (χ0) is 50.5. The molecule has 0 spiro atoms. The number of aromatic nitrogens is 5. The normalized spacial score (nSPS) is 10.8. The molecular weight excluding hydrogens is 1300 g/mol. The standard InChI is InChI=1S/C69H44N5O.Ir.Pt/c1-46-16-12-20-49(36-46)65-34-32-52(42-70-65)59-24-6-8-26-61(59)54-38-55(62-27-9-7-25-60(62)53-33-35-66(71-43-53)50-21-13-17-47(2)37-50)40-56(39-54)63-28-10-11-29-64(63)57-44-72-69(73-45-57)51-22-14-23-58(41-51)75-68-31-15-30-67(74-68)48-18-4-3-5-19-48;;/h3-18,23-40,42-45H,1-2H3;;/q-5;+3;+2. The number of benzene rings is 8. The van der Waals surface area contributed by atoms with E-state index in [9.17, 15) is 0 Å². The molecule has 77 heavy (non-hydrogen) atoms. The molecule has 0 atom stereocenters. The van der Waals surface area contributed by atoms with Crippen LogP contribution in [0.3, 0.4) is 0 Å².